The van der Waals surface area contributed by atoms with E-state index in [9.17, 15) is 9.59 Å². The first-order valence-electron chi connectivity index (χ1n) is 8.07. The standard InChI is InChI=1S/C16H23N3O3S/c1-16(2,3)22-15(21)19-7-4-10(5-8-19)13-17-11-6-9-23-12(11)14(20)18-13/h10H,4-9H2,1-3H3,(H,17,18,20). The average Bonchev–Trinajstić information content (AvgIpc) is 2.94. The van der Waals surface area contributed by atoms with Gasteiger partial charge in [-0.1, -0.05) is 0 Å². The summed E-state index contributed by atoms with van der Waals surface area (Å²) >= 11 is 1.58. The summed E-state index contributed by atoms with van der Waals surface area (Å²) in [4.78, 5) is 34.3. The van der Waals surface area contributed by atoms with Crippen molar-refractivity contribution >= 4 is 17.9 Å². The first-order valence-corrected chi connectivity index (χ1v) is 9.06. The third kappa shape index (κ3) is 3.71. The number of carbonyl (C=O) groups excluding carboxylic acids is 1. The average molecular weight is 337 g/mol. The van der Waals surface area contributed by atoms with E-state index in [2.05, 4.69) is 9.97 Å². The third-order valence-electron chi connectivity index (χ3n) is 4.08. The van der Waals surface area contributed by atoms with Gasteiger partial charge in [0.2, 0.25) is 0 Å². The SMILES string of the molecule is CC(C)(C)OC(=O)N1CCC(c2nc3c(c(=O)[nH]2)SCC3)CC1. The predicted octanol–water partition coefficient (Wildman–Crippen LogP) is 2.53. The lowest BCUT2D eigenvalue weighted by molar-refractivity contribution is 0.0203. The van der Waals surface area contributed by atoms with Crippen LogP contribution in [0.15, 0.2) is 9.69 Å². The number of nitrogens with zero attached hydrogens (tertiary/aromatic N) is 2. The van der Waals surface area contributed by atoms with Gasteiger partial charge in [0.05, 0.1) is 10.6 Å². The summed E-state index contributed by atoms with van der Waals surface area (Å²) in [6, 6.07) is 0. The van der Waals surface area contributed by atoms with Gasteiger partial charge >= 0.3 is 6.09 Å². The van der Waals surface area contributed by atoms with Crippen molar-refractivity contribution in [3.05, 3.63) is 21.9 Å². The number of hydrogen-bond acceptors (Lipinski definition) is 5. The highest BCUT2D eigenvalue weighted by atomic mass is 32.2. The Morgan fingerprint density at radius 1 is 1.35 bits per heavy atom. The molecule has 1 fully saturated rings. The lowest BCUT2D eigenvalue weighted by atomic mass is 9.96. The van der Waals surface area contributed by atoms with Crippen LogP contribution in [0.1, 0.15) is 51.0 Å². The van der Waals surface area contributed by atoms with Crippen molar-refractivity contribution in [2.45, 2.75) is 56.4 Å². The van der Waals surface area contributed by atoms with E-state index in [1.807, 2.05) is 20.8 Å². The molecule has 1 saturated heterocycles. The number of thioether (sulfide) groups is 1. The predicted molar refractivity (Wildman–Crippen MR) is 89.1 cm³/mol. The first kappa shape index (κ1) is 16.4. The summed E-state index contributed by atoms with van der Waals surface area (Å²) < 4.78 is 5.41. The van der Waals surface area contributed by atoms with Crippen molar-refractivity contribution in [2.75, 3.05) is 18.8 Å². The molecule has 0 saturated carbocycles. The van der Waals surface area contributed by atoms with Gasteiger partial charge in [0.15, 0.2) is 0 Å². The highest BCUT2D eigenvalue weighted by Crippen LogP contribution is 2.30. The van der Waals surface area contributed by atoms with E-state index in [4.69, 9.17) is 4.74 Å². The Morgan fingerprint density at radius 2 is 2.04 bits per heavy atom. The van der Waals surface area contributed by atoms with Gasteiger partial charge in [-0.3, -0.25) is 4.79 Å². The van der Waals surface area contributed by atoms with Gasteiger partial charge in [-0.2, -0.15) is 0 Å². The molecular formula is C16H23N3O3S. The number of amides is 1. The van der Waals surface area contributed by atoms with Crippen molar-refractivity contribution in [3.63, 3.8) is 0 Å². The normalized spacial score (nSPS) is 18.8. The van der Waals surface area contributed by atoms with Crippen LogP contribution in [0, 0.1) is 0 Å². The Balaban J connectivity index is 1.65. The number of hydrogen-bond donors (Lipinski definition) is 1. The zero-order valence-corrected chi connectivity index (χ0v) is 14.7. The third-order valence-corrected chi connectivity index (χ3v) is 5.20. The van der Waals surface area contributed by atoms with Gasteiger partial charge in [-0.05, 0) is 33.6 Å². The lowest BCUT2D eigenvalue weighted by Gasteiger charge is -2.33. The fourth-order valence-corrected chi connectivity index (χ4v) is 3.95. The molecule has 0 aromatic carbocycles. The Kier molecular flexibility index (Phi) is 4.40. The largest absolute Gasteiger partial charge is 0.444 e. The van der Waals surface area contributed by atoms with Crippen molar-refractivity contribution in [2.24, 2.45) is 0 Å². The molecule has 126 valence electrons. The number of carbonyl (C=O) groups is 1. The Morgan fingerprint density at radius 3 is 2.70 bits per heavy atom. The van der Waals surface area contributed by atoms with Crippen molar-refractivity contribution in [1.29, 1.82) is 0 Å². The molecule has 3 heterocycles. The van der Waals surface area contributed by atoms with Crippen molar-refractivity contribution < 1.29 is 9.53 Å². The number of aromatic nitrogens is 2. The van der Waals surface area contributed by atoms with E-state index in [-0.39, 0.29) is 17.6 Å². The quantitative estimate of drug-likeness (QED) is 0.852. The fraction of sp³-hybridized carbons (Fsp3) is 0.688. The van der Waals surface area contributed by atoms with E-state index >= 15 is 0 Å². The minimum absolute atomic E-state index is 0.0120. The number of H-pyrrole nitrogens is 1. The first-order chi connectivity index (χ1) is 10.8. The van der Waals surface area contributed by atoms with E-state index in [0.717, 1.165) is 41.4 Å². The molecule has 0 bridgehead atoms. The highest BCUT2D eigenvalue weighted by Gasteiger charge is 2.29. The van der Waals surface area contributed by atoms with Crippen LogP contribution in [-0.2, 0) is 11.2 Å². The summed E-state index contributed by atoms with van der Waals surface area (Å²) in [6.45, 7) is 6.88. The number of rotatable bonds is 1. The number of aryl methyl sites for hydroxylation is 1. The molecule has 0 unspecified atom stereocenters. The van der Waals surface area contributed by atoms with Gasteiger partial charge in [-0.15, -0.1) is 11.8 Å². The highest BCUT2D eigenvalue weighted by molar-refractivity contribution is 7.99. The molecule has 1 aromatic heterocycles. The second kappa shape index (κ2) is 6.19. The zero-order valence-electron chi connectivity index (χ0n) is 13.8. The minimum atomic E-state index is -0.474. The topological polar surface area (TPSA) is 75.3 Å². The van der Waals surface area contributed by atoms with Gasteiger partial charge in [-0.25, -0.2) is 9.78 Å². The van der Waals surface area contributed by atoms with Crippen LogP contribution < -0.4 is 5.56 Å². The number of likely N-dealkylation sites (tertiary alicyclic amines) is 1. The van der Waals surface area contributed by atoms with Crippen LogP contribution in [0.3, 0.4) is 0 Å². The number of aromatic amines is 1. The molecule has 0 radical (unpaired) electrons. The van der Waals surface area contributed by atoms with Crippen molar-refractivity contribution in [3.8, 4) is 0 Å². The van der Waals surface area contributed by atoms with Crippen LogP contribution >= 0.6 is 11.8 Å². The maximum atomic E-state index is 12.1. The number of fused-ring (bicyclic) bond motifs is 1. The molecule has 7 heteroatoms. The van der Waals surface area contributed by atoms with Crippen LogP contribution in [0.5, 0.6) is 0 Å². The minimum Gasteiger partial charge on any atom is -0.444 e. The van der Waals surface area contributed by atoms with Gasteiger partial charge < -0.3 is 14.6 Å². The molecule has 2 aliphatic rings. The molecule has 23 heavy (non-hydrogen) atoms. The maximum Gasteiger partial charge on any atom is 0.410 e. The Hall–Kier alpha value is -1.50. The summed E-state index contributed by atoms with van der Waals surface area (Å²) in [5.41, 5.74) is 0.448. The summed E-state index contributed by atoms with van der Waals surface area (Å²) in [7, 11) is 0. The van der Waals surface area contributed by atoms with Crippen LogP contribution in [0.4, 0.5) is 4.79 Å². The second-order valence-corrected chi connectivity index (χ2v) is 8.17. The van der Waals surface area contributed by atoms with E-state index in [1.54, 1.807) is 16.7 Å². The molecule has 0 spiro atoms. The molecule has 3 rings (SSSR count). The van der Waals surface area contributed by atoms with E-state index in [0.29, 0.717) is 13.1 Å². The molecule has 1 N–H and O–H groups in total. The van der Waals surface area contributed by atoms with Gasteiger partial charge in [0, 0.05) is 31.2 Å². The summed E-state index contributed by atoms with van der Waals surface area (Å²) in [5.74, 6) is 1.92. The van der Waals surface area contributed by atoms with Gasteiger partial charge in [0.1, 0.15) is 11.4 Å². The smallest absolute Gasteiger partial charge is 0.410 e. The molecule has 1 amide bonds. The number of nitrogens with one attached hydrogen (secondary N) is 1. The molecular weight excluding hydrogens is 314 g/mol. The number of ether oxygens (including phenoxy) is 1. The zero-order chi connectivity index (χ0) is 16.6. The molecule has 0 aliphatic carbocycles. The Labute approximate surface area is 140 Å². The summed E-state index contributed by atoms with van der Waals surface area (Å²) in [5, 5.41) is 0. The fourth-order valence-electron chi connectivity index (χ4n) is 2.95. The second-order valence-electron chi connectivity index (χ2n) is 7.07. The van der Waals surface area contributed by atoms with E-state index in [1.165, 1.54) is 0 Å². The molecule has 2 aliphatic heterocycles. The maximum absolute atomic E-state index is 12.1. The summed E-state index contributed by atoms with van der Waals surface area (Å²) in [6.07, 6.45) is 2.21. The molecule has 6 nitrogen and oxygen atoms in total. The number of piperidine rings is 1. The van der Waals surface area contributed by atoms with Crippen LogP contribution in [0.25, 0.3) is 0 Å². The van der Waals surface area contributed by atoms with Crippen molar-refractivity contribution in [1.82, 2.24) is 14.9 Å². The Bertz CT molecular complexity index is 658. The van der Waals surface area contributed by atoms with Crippen LogP contribution in [0.2, 0.25) is 0 Å². The molecule has 0 atom stereocenters. The monoisotopic (exact) mass is 337 g/mol. The lowest BCUT2D eigenvalue weighted by Crippen LogP contribution is -2.41. The molecule has 1 aromatic rings. The van der Waals surface area contributed by atoms with Crippen LogP contribution in [-0.4, -0.2) is 45.4 Å². The van der Waals surface area contributed by atoms with E-state index < -0.39 is 5.60 Å². The van der Waals surface area contributed by atoms with Gasteiger partial charge in [0.25, 0.3) is 5.56 Å².